The average molecular weight is 178 g/mol. The molecule has 1 N–H and O–H groups in total. The standard InChI is InChI=1S/C8H7N3O2/c12-8-9-11(13)6-10(8)7-4-2-1-3-5-7/h1-5H,6H2/p+1. The van der Waals surface area contributed by atoms with Crippen LogP contribution in [-0.4, -0.2) is 17.6 Å². The molecule has 1 aliphatic heterocycles. The summed E-state index contributed by atoms with van der Waals surface area (Å²) in [5.74, 6) is 0. The molecule has 0 saturated carbocycles. The van der Waals surface area contributed by atoms with E-state index in [4.69, 9.17) is 0 Å². The van der Waals surface area contributed by atoms with Crippen molar-refractivity contribution in [3.05, 3.63) is 35.2 Å². The van der Waals surface area contributed by atoms with E-state index < -0.39 is 0 Å². The Hall–Kier alpha value is -1.91. The summed E-state index contributed by atoms with van der Waals surface area (Å²) in [5, 5.41) is 0. The van der Waals surface area contributed by atoms with Gasteiger partial charge in [-0.1, -0.05) is 23.6 Å². The number of nitrogens with zero attached hydrogens (tertiary/aromatic N) is 2. The lowest BCUT2D eigenvalue weighted by Gasteiger charge is -2.06. The van der Waals surface area contributed by atoms with E-state index in [1.54, 1.807) is 12.1 Å². The van der Waals surface area contributed by atoms with Gasteiger partial charge in [0.25, 0.3) is 0 Å². The number of rotatable bonds is 1. The topological polar surface area (TPSA) is 52.4 Å². The third-order valence-corrected chi connectivity index (χ3v) is 1.80. The highest BCUT2D eigenvalue weighted by Gasteiger charge is 2.34. The summed E-state index contributed by atoms with van der Waals surface area (Å²) in [7, 11) is 0. The van der Waals surface area contributed by atoms with Gasteiger partial charge in [-0.2, -0.15) is 0 Å². The number of para-hydroxylation sites is 1. The molecule has 0 bridgehead atoms. The zero-order valence-corrected chi connectivity index (χ0v) is 6.80. The number of urea groups is 1. The van der Waals surface area contributed by atoms with E-state index in [1.807, 2.05) is 18.2 Å². The van der Waals surface area contributed by atoms with Gasteiger partial charge in [0.05, 0.1) is 10.6 Å². The Morgan fingerprint density at radius 2 is 2.00 bits per heavy atom. The summed E-state index contributed by atoms with van der Waals surface area (Å²) < 4.78 is 0. The molecule has 0 aliphatic carbocycles. The maximum Gasteiger partial charge on any atom is 0.383 e. The molecule has 1 aliphatic rings. The van der Waals surface area contributed by atoms with Gasteiger partial charge in [0, 0.05) is 0 Å². The minimum absolute atomic E-state index is 0.0306. The van der Waals surface area contributed by atoms with E-state index >= 15 is 0 Å². The fourth-order valence-corrected chi connectivity index (χ4v) is 1.20. The minimum Gasteiger partial charge on any atom is -0.242 e. The molecule has 1 heterocycles. The van der Waals surface area contributed by atoms with Crippen LogP contribution >= 0.6 is 0 Å². The fraction of sp³-hybridized carbons (Fsp3) is 0.125. The van der Waals surface area contributed by atoms with Crippen molar-refractivity contribution < 1.29 is 9.66 Å². The van der Waals surface area contributed by atoms with Crippen LogP contribution in [0.25, 0.3) is 0 Å². The molecular weight excluding hydrogens is 170 g/mol. The van der Waals surface area contributed by atoms with Crippen LogP contribution in [0.2, 0.25) is 0 Å². The first-order valence-electron chi connectivity index (χ1n) is 3.85. The molecule has 0 spiro atoms. The summed E-state index contributed by atoms with van der Waals surface area (Å²) in [4.78, 5) is 23.8. The van der Waals surface area contributed by atoms with Crippen molar-refractivity contribution in [2.45, 2.75) is 0 Å². The number of hydrazine groups is 1. The van der Waals surface area contributed by atoms with Crippen LogP contribution in [-0.2, 0) is 0 Å². The first kappa shape index (κ1) is 7.72. The Kier molecular flexibility index (Phi) is 1.70. The Balaban J connectivity index is 2.28. The summed E-state index contributed by atoms with van der Waals surface area (Å²) in [6, 6.07) is 8.65. The highest BCUT2D eigenvalue weighted by molar-refractivity contribution is 5.91. The van der Waals surface area contributed by atoms with Crippen molar-refractivity contribution in [3.8, 4) is 0 Å². The zero-order valence-electron chi connectivity index (χ0n) is 6.80. The number of anilines is 1. The molecule has 1 aromatic rings. The third kappa shape index (κ3) is 1.35. The fourth-order valence-electron chi connectivity index (χ4n) is 1.20. The molecule has 0 atom stereocenters. The Morgan fingerprint density at radius 3 is 2.54 bits per heavy atom. The molecule has 13 heavy (non-hydrogen) atoms. The van der Waals surface area contributed by atoms with E-state index in [9.17, 15) is 9.70 Å². The van der Waals surface area contributed by atoms with Crippen LogP contribution in [0.1, 0.15) is 0 Å². The Labute approximate surface area is 74.5 Å². The second-order valence-corrected chi connectivity index (χ2v) is 2.70. The van der Waals surface area contributed by atoms with Crippen LogP contribution in [0.4, 0.5) is 10.5 Å². The zero-order chi connectivity index (χ0) is 9.26. The predicted molar refractivity (Wildman–Crippen MR) is 45.9 cm³/mol. The largest absolute Gasteiger partial charge is 0.383 e. The molecule has 0 radical (unpaired) electrons. The third-order valence-electron chi connectivity index (χ3n) is 1.80. The number of carbonyl (C=O) groups is 1. The molecule has 66 valence electrons. The summed E-state index contributed by atoms with van der Waals surface area (Å²) in [6.45, 7) is 0.0306. The molecule has 0 unspecified atom stereocenters. The second kappa shape index (κ2) is 2.85. The molecule has 2 amide bonds. The maximum atomic E-state index is 11.2. The smallest absolute Gasteiger partial charge is 0.242 e. The SMILES string of the molecule is O=C1N[N+](=O)CN1c1ccccc1. The van der Waals surface area contributed by atoms with Crippen LogP contribution in [0.15, 0.2) is 30.3 Å². The van der Waals surface area contributed by atoms with Crippen molar-refractivity contribution in [2.75, 3.05) is 11.6 Å². The molecule has 0 aromatic heterocycles. The number of carbonyl (C=O) groups excluding carboxylic acids is 1. The lowest BCUT2D eigenvalue weighted by molar-refractivity contribution is -0.577. The van der Waals surface area contributed by atoms with Gasteiger partial charge in [-0.25, -0.2) is 9.69 Å². The maximum absolute atomic E-state index is 11.2. The minimum atomic E-state index is -0.388. The number of benzene rings is 1. The summed E-state index contributed by atoms with van der Waals surface area (Å²) in [6.07, 6.45) is 0. The van der Waals surface area contributed by atoms with Crippen molar-refractivity contribution in [3.63, 3.8) is 0 Å². The summed E-state index contributed by atoms with van der Waals surface area (Å²) >= 11 is 0. The first-order chi connectivity index (χ1) is 6.27. The van der Waals surface area contributed by atoms with Crippen LogP contribution in [0.3, 0.4) is 0 Å². The van der Waals surface area contributed by atoms with Crippen molar-refractivity contribution in [1.82, 2.24) is 5.43 Å². The van der Waals surface area contributed by atoms with Crippen LogP contribution in [0.5, 0.6) is 0 Å². The normalized spacial score (nSPS) is 16.2. The monoisotopic (exact) mass is 178 g/mol. The number of amides is 2. The Morgan fingerprint density at radius 1 is 1.31 bits per heavy atom. The van der Waals surface area contributed by atoms with Gasteiger partial charge in [-0.05, 0) is 12.1 Å². The van der Waals surface area contributed by atoms with Gasteiger partial charge >= 0.3 is 12.7 Å². The molecule has 1 saturated heterocycles. The average Bonchev–Trinajstić information content (AvgIpc) is 2.47. The van der Waals surface area contributed by atoms with Gasteiger partial charge in [-0.3, -0.25) is 0 Å². The lowest BCUT2D eigenvalue weighted by Crippen LogP contribution is -2.27. The Bertz CT molecular complexity index is 350. The quantitative estimate of drug-likeness (QED) is 0.648. The second-order valence-electron chi connectivity index (χ2n) is 2.70. The lowest BCUT2D eigenvalue weighted by atomic mass is 10.3. The molecule has 1 aromatic carbocycles. The summed E-state index contributed by atoms with van der Waals surface area (Å²) in [5.41, 5.74) is 2.85. The van der Waals surface area contributed by atoms with Gasteiger partial charge in [0.15, 0.2) is 0 Å². The van der Waals surface area contributed by atoms with E-state index in [0.29, 0.717) is 4.87 Å². The van der Waals surface area contributed by atoms with E-state index in [0.717, 1.165) is 5.69 Å². The highest BCUT2D eigenvalue weighted by Crippen LogP contribution is 2.14. The van der Waals surface area contributed by atoms with Crippen molar-refractivity contribution >= 4 is 11.7 Å². The number of nitroso groups, excluding NO2 is 1. The van der Waals surface area contributed by atoms with Gasteiger partial charge in [-0.15, -0.1) is 0 Å². The first-order valence-corrected chi connectivity index (χ1v) is 3.85. The van der Waals surface area contributed by atoms with Gasteiger partial charge in [0.2, 0.25) is 0 Å². The number of hydrogen-bond acceptors (Lipinski definition) is 2. The van der Waals surface area contributed by atoms with E-state index in [1.165, 1.54) is 4.90 Å². The molecule has 5 heteroatoms. The molecule has 2 rings (SSSR count). The van der Waals surface area contributed by atoms with Gasteiger partial charge in [0.1, 0.15) is 4.87 Å². The molecular formula is C8H8N3O2+. The molecule has 5 nitrogen and oxygen atoms in total. The van der Waals surface area contributed by atoms with Crippen LogP contribution < -0.4 is 10.3 Å². The predicted octanol–water partition coefficient (Wildman–Crippen LogP) is 0.868. The van der Waals surface area contributed by atoms with Crippen molar-refractivity contribution in [1.29, 1.82) is 0 Å². The van der Waals surface area contributed by atoms with Crippen molar-refractivity contribution in [2.24, 2.45) is 0 Å². The van der Waals surface area contributed by atoms with Gasteiger partial charge < -0.3 is 0 Å². The highest BCUT2D eigenvalue weighted by atomic mass is 16.3. The van der Waals surface area contributed by atoms with E-state index in [2.05, 4.69) is 5.43 Å². The number of hydrogen-bond donors (Lipinski definition) is 1. The number of nitrogens with one attached hydrogen (secondary N) is 1. The molecule has 1 fully saturated rings. The van der Waals surface area contributed by atoms with E-state index in [-0.39, 0.29) is 12.7 Å². The van der Waals surface area contributed by atoms with Crippen LogP contribution in [0, 0.1) is 4.91 Å².